The first kappa shape index (κ1) is 4.80. The quantitative estimate of drug-likeness (QED) is 0.401. The third-order valence-corrected chi connectivity index (χ3v) is 0.376. The van der Waals surface area contributed by atoms with E-state index in [1.165, 1.54) is 0 Å². The molecule has 0 aliphatic rings. The Bertz CT molecular complexity index is 110. The maximum absolute atomic E-state index is 9.15. The van der Waals surface area contributed by atoms with Crippen LogP contribution in [0.25, 0.3) is 0 Å². The SMILES string of the molecule is N#[C][Ti](=[O])=[O]. The van der Waals surface area contributed by atoms with Crippen molar-refractivity contribution >= 4 is 0 Å². The standard InChI is InChI=1S/CN.2O.Ti/c1-2;;;. The molecule has 5 heavy (non-hydrogen) atoms. The molecular formula is CNO2Ti. The van der Waals surface area contributed by atoms with Gasteiger partial charge in [0, 0.05) is 0 Å². The topological polar surface area (TPSA) is 57.9 Å². The Balaban J connectivity index is 3.88. The molecule has 0 atom stereocenters. The second kappa shape index (κ2) is 2.07. The Morgan fingerprint density at radius 3 is 1.80 bits per heavy atom. The molecule has 0 saturated heterocycles. The van der Waals surface area contributed by atoms with Gasteiger partial charge in [0.2, 0.25) is 0 Å². The molecule has 0 N–H and O–H groups in total. The maximum atomic E-state index is 9.15. The number of hydrogen-bond donors (Lipinski definition) is 0. The van der Waals surface area contributed by atoms with Crippen LogP contribution in [0.4, 0.5) is 0 Å². The predicted octanol–water partition coefficient (Wildman–Crippen LogP) is -0.223. The van der Waals surface area contributed by atoms with E-state index in [9.17, 15) is 0 Å². The Hall–Kier alpha value is -0.196. The molecule has 3 nitrogen and oxygen atoms in total. The van der Waals surface area contributed by atoms with Gasteiger partial charge in [-0.25, -0.2) is 0 Å². The molecule has 0 spiro atoms. The van der Waals surface area contributed by atoms with E-state index < -0.39 is 17.8 Å². The van der Waals surface area contributed by atoms with Crippen LogP contribution >= 0.6 is 0 Å². The molecule has 0 radical (unpaired) electrons. The molecule has 0 bridgehead atoms. The summed E-state index contributed by atoms with van der Waals surface area (Å²) in [4.78, 5) is 0. The fourth-order valence-electron chi connectivity index (χ4n) is 0. The number of hydrogen-bond acceptors (Lipinski definition) is 3. The summed E-state index contributed by atoms with van der Waals surface area (Å²) in [5, 5.41) is 7.34. The van der Waals surface area contributed by atoms with Crippen LogP contribution in [0.5, 0.6) is 0 Å². The molecule has 0 aromatic heterocycles. The number of nitriles is 1. The van der Waals surface area contributed by atoms with Gasteiger partial charge < -0.3 is 0 Å². The summed E-state index contributed by atoms with van der Waals surface area (Å²) >= 11 is -3.55. The first-order valence-electron chi connectivity index (χ1n) is 0.882. The van der Waals surface area contributed by atoms with Crippen LogP contribution in [0.2, 0.25) is 0 Å². The van der Waals surface area contributed by atoms with E-state index in [4.69, 9.17) is 11.9 Å². The van der Waals surface area contributed by atoms with Crippen molar-refractivity contribution in [3.05, 3.63) is 0 Å². The normalized spacial score (nSPS) is 5.40. The molecule has 0 fully saturated rings. The molecule has 0 aliphatic heterocycles. The molecule has 0 heterocycles. The van der Waals surface area contributed by atoms with E-state index in [-0.39, 0.29) is 0 Å². The van der Waals surface area contributed by atoms with E-state index in [0.717, 1.165) is 4.37 Å². The zero-order valence-electron chi connectivity index (χ0n) is 2.26. The fourth-order valence-corrected chi connectivity index (χ4v) is 0. The zero-order chi connectivity index (χ0) is 4.28. The van der Waals surface area contributed by atoms with Crippen molar-refractivity contribution < 1.29 is 24.5 Å². The van der Waals surface area contributed by atoms with Crippen molar-refractivity contribution in [2.24, 2.45) is 0 Å². The van der Waals surface area contributed by atoms with Gasteiger partial charge in [-0.1, -0.05) is 0 Å². The second-order valence-corrected chi connectivity index (χ2v) is 1.65. The molecular weight excluding hydrogens is 106 g/mol. The average Bonchev–Trinajstić information content (AvgIpc) is 1.38. The minimum atomic E-state index is -3.55. The van der Waals surface area contributed by atoms with Crippen molar-refractivity contribution in [3.8, 4) is 4.37 Å². The molecule has 4 heteroatoms. The van der Waals surface area contributed by atoms with Crippen molar-refractivity contribution in [2.45, 2.75) is 0 Å². The average molecular weight is 106 g/mol. The summed E-state index contributed by atoms with van der Waals surface area (Å²) in [6.07, 6.45) is 0. The van der Waals surface area contributed by atoms with Crippen LogP contribution in [-0.4, -0.2) is 0 Å². The summed E-state index contributed by atoms with van der Waals surface area (Å²) < 4.78 is 19.4. The summed E-state index contributed by atoms with van der Waals surface area (Å²) in [5.41, 5.74) is 0. The van der Waals surface area contributed by atoms with Crippen molar-refractivity contribution in [1.82, 2.24) is 0 Å². The first-order chi connectivity index (χ1) is 2.27. The van der Waals surface area contributed by atoms with Gasteiger partial charge in [-0.3, -0.25) is 0 Å². The Labute approximate surface area is 34.7 Å². The van der Waals surface area contributed by atoms with Crippen LogP contribution in [0.15, 0.2) is 0 Å². The second-order valence-electron chi connectivity index (χ2n) is 0.399. The molecule has 25 valence electrons. The van der Waals surface area contributed by atoms with E-state index in [2.05, 4.69) is 0 Å². The minimum absolute atomic E-state index is 1.08. The number of rotatable bonds is 0. The van der Waals surface area contributed by atoms with Gasteiger partial charge in [0.1, 0.15) is 0 Å². The summed E-state index contributed by atoms with van der Waals surface area (Å²) in [6.45, 7) is 0. The Kier molecular flexibility index (Phi) is 1.99. The molecule has 0 saturated carbocycles. The van der Waals surface area contributed by atoms with Crippen LogP contribution in [-0.2, 0) is 24.5 Å². The Morgan fingerprint density at radius 2 is 1.80 bits per heavy atom. The Morgan fingerprint density at radius 1 is 1.60 bits per heavy atom. The molecule has 0 unspecified atom stereocenters. The third kappa shape index (κ3) is 3.80. The first-order valence-corrected chi connectivity index (χ1v) is 2.94. The third-order valence-electron chi connectivity index (χ3n) is 0.0913. The van der Waals surface area contributed by atoms with Gasteiger partial charge in [0.15, 0.2) is 0 Å². The van der Waals surface area contributed by atoms with Gasteiger partial charge in [-0.15, -0.1) is 0 Å². The monoisotopic (exact) mass is 106 g/mol. The van der Waals surface area contributed by atoms with E-state index in [1.807, 2.05) is 0 Å². The van der Waals surface area contributed by atoms with Crippen molar-refractivity contribution in [3.63, 3.8) is 0 Å². The van der Waals surface area contributed by atoms with Gasteiger partial charge in [0.05, 0.1) is 0 Å². The van der Waals surface area contributed by atoms with E-state index >= 15 is 0 Å². The number of nitrogens with zero attached hydrogens (tertiary/aromatic N) is 1. The molecule has 0 aliphatic carbocycles. The van der Waals surface area contributed by atoms with Crippen LogP contribution < -0.4 is 0 Å². The van der Waals surface area contributed by atoms with Crippen LogP contribution in [0.3, 0.4) is 0 Å². The van der Waals surface area contributed by atoms with E-state index in [1.54, 1.807) is 0 Å². The molecule has 0 aromatic carbocycles. The van der Waals surface area contributed by atoms with Gasteiger partial charge >= 0.3 is 34.1 Å². The van der Waals surface area contributed by atoms with Crippen LogP contribution in [0.1, 0.15) is 0 Å². The van der Waals surface area contributed by atoms with Gasteiger partial charge in [-0.05, 0) is 0 Å². The summed E-state index contributed by atoms with van der Waals surface area (Å²) in [5.74, 6) is 0. The van der Waals surface area contributed by atoms with Crippen molar-refractivity contribution in [1.29, 1.82) is 5.26 Å². The molecule has 0 aromatic rings. The summed E-state index contributed by atoms with van der Waals surface area (Å²) in [7, 11) is 0. The molecule has 0 rings (SSSR count). The van der Waals surface area contributed by atoms with Gasteiger partial charge in [-0.2, -0.15) is 0 Å². The summed E-state index contributed by atoms with van der Waals surface area (Å²) in [6, 6.07) is 0. The predicted molar refractivity (Wildman–Crippen MR) is 6.99 cm³/mol. The van der Waals surface area contributed by atoms with Gasteiger partial charge in [0.25, 0.3) is 0 Å². The fraction of sp³-hybridized carbons (Fsp3) is 0. The molecule has 0 amide bonds. The van der Waals surface area contributed by atoms with Crippen LogP contribution in [0, 0.1) is 9.64 Å². The van der Waals surface area contributed by atoms with E-state index in [0.29, 0.717) is 0 Å². The van der Waals surface area contributed by atoms with Crippen molar-refractivity contribution in [2.75, 3.05) is 0 Å². The zero-order valence-corrected chi connectivity index (χ0v) is 3.83.